The number of benzene rings is 1. The van der Waals surface area contributed by atoms with E-state index in [1.165, 1.54) is 23.5 Å². The smallest absolute Gasteiger partial charge is 0.335 e. The molecule has 0 saturated heterocycles. The molecule has 0 fully saturated rings. The number of carbonyl (C=O) groups is 2. The number of aromatic carboxylic acids is 1. The summed E-state index contributed by atoms with van der Waals surface area (Å²) in [6.07, 6.45) is 0.217. The molecule has 6 heteroatoms. The zero-order valence-electron chi connectivity index (χ0n) is 11.8. The minimum Gasteiger partial charge on any atom is -0.478 e. The number of carbonyl (C=O) groups excluding carboxylic acids is 1. The SMILES string of the molecule is Cc1csc(C(C)NC(=O)Cc2ccc(C(=O)O)cc2)n1. The Hall–Kier alpha value is -2.21. The van der Waals surface area contributed by atoms with Crippen molar-refractivity contribution in [2.24, 2.45) is 0 Å². The summed E-state index contributed by atoms with van der Waals surface area (Å²) in [6, 6.07) is 6.18. The molecule has 2 aromatic rings. The lowest BCUT2D eigenvalue weighted by atomic mass is 10.1. The van der Waals surface area contributed by atoms with Crippen molar-refractivity contribution in [1.29, 1.82) is 0 Å². The zero-order valence-corrected chi connectivity index (χ0v) is 12.6. The van der Waals surface area contributed by atoms with E-state index in [4.69, 9.17) is 5.11 Å². The van der Waals surface area contributed by atoms with Crippen LogP contribution in [-0.2, 0) is 11.2 Å². The lowest BCUT2D eigenvalue weighted by Gasteiger charge is -2.11. The van der Waals surface area contributed by atoms with Crippen LogP contribution < -0.4 is 5.32 Å². The molecular weight excluding hydrogens is 288 g/mol. The van der Waals surface area contributed by atoms with Crippen molar-refractivity contribution in [1.82, 2.24) is 10.3 Å². The molecule has 1 aromatic heterocycles. The van der Waals surface area contributed by atoms with Crippen LogP contribution in [0.5, 0.6) is 0 Å². The Morgan fingerprint density at radius 2 is 2.00 bits per heavy atom. The lowest BCUT2D eigenvalue weighted by molar-refractivity contribution is -0.121. The number of aryl methyl sites for hydroxylation is 1. The van der Waals surface area contributed by atoms with Gasteiger partial charge in [0.2, 0.25) is 5.91 Å². The highest BCUT2D eigenvalue weighted by atomic mass is 32.1. The fourth-order valence-corrected chi connectivity index (χ4v) is 2.68. The molecule has 0 bridgehead atoms. The van der Waals surface area contributed by atoms with Crippen LogP contribution >= 0.6 is 11.3 Å². The number of carboxylic acid groups (broad SMARTS) is 1. The van der Waals surface area contributed by atoms with E-state index in [-0.39, 0.29) is 23.9 Å². The van der Waals surface area contributed by atoms with Crippen molar-refractivity contribution in [2.75, 3.05) is 0 Å². The van der Waals surface area contributed by atoms with Gasteiger partial charge in [0, 0.05) is 11.1 Å². The van der Waals surface area contributed by atoms with Crippen molar-refractivity contribution < 1.29 is 14.7 Å². The first kappa shape index (κ1) is 15.2. The van der Waals surface area contributed by atoms with Gasteiger partial charge in [-0.1, -0.05) is 12.1 Å². The Morgan fingerprint density at radius 3 is 2.52 bits per heavy atom. The predicted molar refractivity (Wildman–Crippen MR) is 80.5 cm³/mol. The molecular formula is C15H16N2O3S. The van der Waals surface area contributed by atoms with Crippen molar-refractivity contribution in [3.63, 3.8) is 0 Å². The molecule has 1 aromatic carbocycles. The topological polar surface area (TPSA) is 79.3 Å². The van der Waals surface area contributed by atoms with Gasteiger partial charge < -0.3 is 10.4 Å². The molecule has 21 heavy (non-hydrogen) atoms. The van der Waals surface area contributed by atoms with Gasteiger partial charge >= 0.3 is 5.97 Å². The van der Waals surface area contributed by atoms with Crippen LogP contribution in [0.4, 0.5) is 0 Å². The van der Waals surface area contributed by atoms with Gasteiger partial charge in [0.05, 0.1) is 18.0 Å². The van der Waals surface area contributed by atoms with Gasteiger partial charge in [-0.15, -0.1) is 11.3 Å². The molecule has 0 aliphatic heterocycles. The molecule has 1 atom stereocenters. The highest BCUT2D eigenvalue weighted by Gasteiger charge is 2.13. The molecule has 2 N–H and O–H groups in total. The maximum Gasteiger partial charge on any atom is 0.335 e. The third-order valence-electron chi connectivity index (χ3n) is 2.95. The minimum absolute atomic E-state index is 0.113. The summed E-state index contributed by atoms with van der Waals surface area (Å²) in [5.74, 6) is -1.09. The summed E-state index contributed by atoms with van der Waals surface area (Å²) >= 11 is 1.52. The van der Waals surface area contributed by atoms with E-state index in [0.29, 0.717) is 0 Å². The standard InChI is InChI=1S/C15H16N2O3S/c1-9-8-21-14(16-9)10(2)17-13(18)7-11-3-5-12(6-4-11)15(19)20/h3-6,8,10H,7H2,1-2H3,(H,17,18)(H,19,20). The van der Waals surface area contributed by atoms with E-state index in [9.17, 15) is 9.59 Å². The van der Waals surface area contributed by atoms with E-state index in [1.807, 2.05) is 19.2 Å². The van der Waals surface area contributed by atoms with E-state index in [0.717, 1.165) is 16.3 Å². The minimum atomic E-state index is -0.973. The van der Waals surface area contributed by atoms with Gasteiger partial charge in [0.25, 0.3) is 0 Å². The Bertz CT molecular complexity index is 649. The number of nitrogens with zero attached hydrogens (tertiary/aromatic N) is 1. The first-order valence-corrected chi connectivity index (χ1v) is 7.37. The van der Waals surface area contributed by atoms with Crippen LogP contribution in [-0.4, -0.2) is 22.0 Å². The number of rotatable bonds is 5. The lowest BCUT2D eigenvalue weighted by Crippen LogP contribution is -2.28. The van der Waals surface area contributed by atoms with Gasteiger partial charge in [-0.05, 0) is 31.5 Å². The fourth-order valence-electron chi connectivity index (χ4n) is 1.88. The molecule has 5 nitrogen and oxygen atoms in total. The number of amides is 1. The number of carboxylic acids is 1. The Morgan fingerprint density at radius 1 is 1.33 bits per heavy atom. The summed E-state index contributed by atoms with van der Waals surface area (Å²) in [6.45, 7) is 3.81. The first-order valence-electron chi connectivity index (χ1n) is 6.49. The van der Waals surface area contributed by atoms with Crippen LogP contribution in [0.1, 0.15) is 39.6 Å². The molecule has 0 radical (unpaired) electrons. The molecule has 1 amide bonds. The van der Waals surface area contributed by atoms with Crippen molar-refractivity contribution in [3.8, 4) is 0 Å². The zero-order chi connectivity index (χ0) is 15.4. The van der Waals surface area contributed by atoms with Crippen LogP contribution in [0.2, 0.25) is 0 Å². The van der Waals surface area contributed by atoms with Crippen molar-refractivity contribution in [2.45, 2.75) is 26.3 Å². The summed E-state index contributed by atoms with van der Waals surface area (Å²) < 4.78 is 0. The van der Waals surface area contributed by atoms with Crippen molar-refractivity contribution in [3.05, 3.63) is 51.5 Å². The normalized spacial score (nSPS) is 11.9. The highest BCUT2D eigenvalue weighted by Crippen LogP contribution is 2.17. The Balaban J connectivity index is 1.93. The second kappa shape index (κ2) is 6.49. The van der Waals surface area contributed by atoms with Crippen LogP contribution in [0.15, 0.2) is 29.6 Å². The van der Waals surface area contributed by atoms with Gasteiger partial charge in [-0.2, -0.15) is 0 Å². The predicted octanol–water partition coefficient (Wildman–Crippen LogP) is 2.57. The van der Waals surface area contributed by atoms with E-state index >= 15 is 0 Å². The van der Waals surface area contributed by atoms with Gasteiger partial charge in [0.1, 0.15) is 5.01 Å². The number of hydrogen-bond acceptors (Lipinski definition) is 4. The first-order chi connectivity index (χ1) is 9.95. The Labute approximate surface area is 126 Å². The van der Waals surface area contributed by atoms with Crippen LogP contribution in [0.25, 0.3) is 0 Å². The fraction of sp³-hybridized carbons (Fsp3) is 0.267. The average molecular weight is 304 g/mol. The number of nitrogens with one attached hydrogen (secondary N) is 1. The van der Waals surface area contributed by atoms with E-state index in [1.54, 1.807) is 12.1 Å². The van der Waals surface area contributed by atoms with Crippen LogP contribution in [0, 0.1) is 6.92 Å². The quantitative estimate of drug-likeness (QED) is 0.889. The summed E-state index contributed by atoms with van der Waals surface area (Å²) in [7, 11) is 0. The monoisotopic (exact) mass is 304 g/mol. The highest BCUT2D eigenvalue weighted by molar-refractivity contribution is 7.09. The number of thiazole rings is 1. The molecule has 1 heterocycles. The van der Waals surface area contributed by atoms with Gasteiger partial charge in [0.15, 0.2) is 0 Å². The van der Waals surface area contributed by atoms with Gasteiger partial charge in [-0.3, -0.25) is 4.79 Å². The van der Waals surface area contributed by atoms with Crippen molar-refractivity contribution >= 4 is 23.2 Å². The number of aromatic nitrogens is 1. The molecule has 0 aliphatic rings. The molecule has 0 spiro atoms. The summed E-state index contributed by atoms with van der Waals surface area (Å²) in [4.78, 5) is 27.1. The van der Waals surface area contributed by atoms with Crippen LogP contribution in [0.3, 0.4) is 0 Å². The largest absolute Gasteiger partial charge is 0.478 e. The third-order valence-corrected chi connectivity index (χ3v) is 4.10. The molecule has 0 aliphatic carbocycles. The third kappa shape index (κ3) is 4.13. The van der Waals surface area contributed by atoms with Gasteiger partial charge in [-0.25, -0.2) is 9.78 Å². The average Bonchev–Trinajstić information content (AvgIpc) is 2.86. The molecule has 1 unspecified atom stereocenters. The maximum atomic E-state index is 12.0. The summed E-state index contributed by atoms with van der Waals surface area (Å²) in [5, 5.41) is 14.5. The second-order valence-electron chi connectivity index (χ2n) is 4.80. The molecule has 110 valence electrons. The van der Waals surface area contributed by atoms with E-state index < -0.39 is 5.97 Å². The van der Waals surface area contributed by atoms with E-state index in [2.05, 4.69) is 10.3 Å². The maximum absolute atomic E-state index is 12.0. The number of hydrogen-bond donors (Lipinski definition) is 2. The Kier molecular flexibility index (Phi) is 4.70. The molecule has 2 rings (SSSR count). The second-order valence-corrected chi connectivity index (χ2v) is 5.68. The summed E-state index contributed by atoms with van der Waals surface area (Å²) in [5.41, 5.74) is 1.94. The molecule has 0 saturated carbocycles.